The highest BCUT2D eigenvalue weighted by Gasteiger charge is 2.21. The van der Waals surface area contributed by atoms with Crippen molar-refractivity contribution >= 4 is 18.4 Å². The molecule has 0 amide bonds. The molecule has 126 valence electrons. The highest BCUT2D eigenvalue weighted by atomic mass is 35.5. The number of rotatable bonds is 9. The Hall–Kier alpha value is -1.14. The fourth-order valence-electron chi connectivity index (χ4n) is 2.18. The number of hydrogen-bond acceptors (Lipinski definition) is 4. The van der Waals surface area contributed by atoms with Gasteiger partial charge in [0.25, 0.3) is 0 Å². The quantitative estimate of drug-likeness (QED) is 0.549. The van der Waals surface area contributed by atoms with Crippen LogP contribution in [0.3, 0.4) is 0 Å². The smallest absolute Gasteiger partial charge is 0.320 e. The molecular formula is C16H27ClN2O3. The molecule has 22 heavy (non-hydrogen) atoms. The van der Waals surface area contributed by atoms with E-state index in [1.54, 1.807) is 0 Å². The zero-order chi connectivity index (χ0) is 15.8. The number of halogens is 1. The van der Waals surface area contributed by atoms with E-state index in [2.05, 4.69) is 5.32 Å². The van der Waals surface area contributed by atoms with Gasteiger partial charge in [0.15, 0.2) is 0 Å². The molecule has 1 rings (SSSR count). The molecule has 5 N–H and O–H groups in total. The van der Waals surface area contributed by atoms with Crippen LogP contribution in [0.4, 0.5) is 0 Å². The standard InChI is InChI=1S/C16H26N2O3.ClH/c1-11(2)8-14(16(20)21)18-10-15(19)13(17)9-12-6-4-3-5-7-12;/h3-7,11,13-15,18-19H,8-10,17H2,1-2H3,(H,20,21);1H/t13-,14+,15-;/m1./s1. The Morgan fingerprint density at radius 1 is 1.27 bits per heavy atom. The minimum absolute atomic E-state index is 0. The maximum Gasteiger partial charge on any atom is 0.320 e. The van der Waals surface area contributed by atoms with Crippen LogP contribution >= 0.6 is 12.4 Å². The van der Waals surface area contributed by atoms with E-state index < -0.39 is 24.2 Å². The molecule has 0 bridgehead atoms. The Balaban J connectivity index is 0.00000441. The van der Waals surface area contributed by atoms with Gasteiger partial charge in [-0.1, -0.05) is 44.2 Å². The summed E-state index contributed by atoms with van der Waals surface area (Å²) in [4.78, 5) is 11.1. The molecule has 6 heteroatoms. The normalized spacial score (nSPS) is 15.0. The molecule has 0 heterocycles. The summed E-state index contributed by atoms with van der Waals surface area (Å²) in [6.45, 7) is 4.11. The van der Waals surface area contributed by atoms with Gasteiger partial charge in [0.05, 0.1) is 6.10 Å². The molecule has 0 saturated heterocycles. The van der Waals surface area contributed by atoms with Crippen LogP contribution in [-0.4, -0.2) is 40.9 Å². The van der Waals surface area contributed by atoms with Crippen LogP contribution in [0.5, 0.6) is 0 Å². The summed E-state index contributed by atoms with van der Waals surface area (Å²) in [5.74, 6) is -0.624. The maximum atomic E-state index is 11.1. The summed E-state index contributed by atoms with van der Waals surface area (Å²) in [6, 6.07) is 8.62. The van der Waals surface area contributed by atoms with Gasteiger partial charge in [0.1, 0.15) is 6.04 Å². The maximum absolute atomic E-state index is 11.1. The van der Waals surface area contributed by atoms with Gasteiger partial charge >= 0.3 is 5.97 Å². The van der Waals surface area contributed by atoms with Gasteiger partial charge in [-0.05, 0) is 24.3 Å². The molecule has 1 aromatic rings. The van der Waals surface area contributed by atoms with Gasteiger partial charge < -0.3 is 21.3 Å². The first-order chi connectivity index (χ1) is 9.90. The number of aliphatic carboxylic acids is 1. The molecule has 0 aliphatic carbocycles. The molecule has 0 aliphatic rings. The predicted molar refractivity (Wildman–Crippen MR) is 90.3 cm³/mol. The molecule has 1 aromatic carbocycles. The van der Waals surface area contributed by atoms with Crippen LogP contribution in [0.25, 0.3) is 0 Å². The van der Waals surface area contributed by atoms with Crippen molar-refractivity contribution in [2.24, 2.45) is 11.7 Å². The second kappa shape index (κ2) is 10.6. The number of carbonyl (C=O) groups is 1. The van der Waals surface area contributed by atoms with Crippen LogP contribution in [0.2, 0.25) is 0 Å². The first kappa shape index (κ1) is 20.9. The van der Waals surface area contributed by atoms with Crippen molar-refractivity contribution in [2.45, 2.75) is 44.9 Å². The summed E-state index contributed by atoms with van der Waals surface area (Å²) in [7, 11) is 0. The zero-order valence-corrected chi connectivity index (χ0v) is 13.9. The van der Waals surface area contributed by atoms with Gasteiger partial charge in [0.2, 0.25) is 0 Å². The number of carboxylic acid groups (broad SMARTS) is 1. The molecular weight excluding hydrogens is 304 g/mol. The third-order valence-corrected chi connectivity index (χ3v) is 3.39. The van der Waals surface area contributed by atoms with Gasteiger partial charge in [-0.15, -0.1) is 12.4 Å². The van der Waals surface area contributed by atoms with E-state index in [1.165, 1.54) is 0 Å². The van der Waals surface area contributed by atoms with Gasteiger partial charge in [-0.25, -0.2) is 0 Å². The second-order valence-corrected chi connectivity index (χ2v) is 5.85. The molecule has 0 spiro atoms. The van der Waals surface area contributed by atoms with Crippen molar-refractivity contribution in [3.63, 3.8) is 0 Å². The Labute approximate surface area is 138 Å². The Kier molecular flexibility index (Phi) is 10.0. The monoisotopic (exact) mass is 330 g/mol. The number of aliphatic hydroxyl groups is 1. The average Bonchev–Trinajstić information content (AvgIpc) is 2.43. The van der Waals surface area contributed by atoms with Gasteiger partial charge in [-0.3, -0.25) is 4.79 Å². The SMILES string of the molecule is CC(C)C[C@H](NC[C@@H](O)[C@H](N)Cc1ccccc1)C(=O)O.Cl. The molecule has 0 saturated carbocycles. The fourth-order valence-corrected chi connectivity index (χ4v) is 2.18. The first-order valence-corrected chi connectivity index (χ1v) is 7.34. The minimum Gasteiger partial charge on any atom is -0.480 e. The molecule has 0 unspecified atom stereocenters. The van der Waals surface area contributed by atoms with E-state index in [0.29, 0.717) is 12.8 Å². The number of carboxylic acids is 1. The Morgan fingerprint density at radius 2 is 1.86 bits per heavy atom. The molecule has 3 atom stereocenters. The van der Waals surface area contributed by atoms with Crippen molar-refractivity contribution in [2.75, 3.05) is 6.54 Å². The molecule has 0 aliphatic heterocycles. The van der Waals surface area contributed by atoms with E-state index in [1.807, 2.05) is 44.2 Å². The van der Waals surface area contributed by atoms with Crippen LogP contribution in [0, 0.1) is 5.92 Å². The number of hydrogen-bond donors (Lipinski definition) is 4. The van der Waals surface area contributed by atoms with Crippen LogP contribution < -0.4 is 11.1 Å². The first-order valence-electron chi connectivity index (χ1n) is 7.34. The summed E-state index contributed by atoms with van der Waals surface area (Å²) >= 11 is 0. The number of nitrogens with one attached hydrogen (secondary N) is 1. The van der Waals surface area contributed by atoms with E-state index in [-0.39, 0.29) is 24.9 Å². The summed E-state index contributed by atoms with van der Waals surface area (Å²) in [6.07, 6.45) is 0.306. The Morgan fingerprint density at radius 3 is 2.36 bits per heavy atom. The van der Waals surface area contributed by atoms with Gasteiger partial charge in [-0.2, -0.15) is 0 Å². The van der Waals surface area contributed by atoms with E-state index in [0.717, 1.165) is 5.56 Å². The van der Waals surface area contributed by atoms with Crippen molar-refractivity contribution in [1.29, 1.82) is 0 Å². The number of aliphatic hydroxyl groups excluding tert-OH is 1. The second-order valence-electron chi connectivity index (χ2n) is 5.85. The van der Waals surface area contributed by atoms with Crippen molar-refractivity contribution < 1.29 is 15.0 Å². The number of nitrogens with two attached hydrogens (primary N) is 1. The zero-order valence-electron chi connectivity index (χ0n) is 13.1. The number of benzene rings is 1. The third-order valence-electron chi connectivity index (χ3n) is 3.39. The summed E-state index contributed by atoms with van der Waals surface area (Å²) < 4.78 is 0. The lowest BCUT2D eigenvalue weighted by Gasteiger charge is -2.22. The highest BCUT2D eigenvalue weighted by molar-refractivity contribution is 5.85. The fraction of sp³-hybridized carbons (Fsp3) is 0.562. The van der Waals surface area contributed by atoms with E-state index >= 15 is 0 Å². The molecule has 0 aromatic heterocycles. The summed E-state index contributed by atoms with van der Waals surface area (Å²) in [5, 5.41) is 22.1. The largest absolute Gasteiger partial charge is 0.480 e. The molecule has 5 nitrogen and oxygen atoms in total. The van der Waals surface area contributed by atoms with Crippen molar-refractivity contribution in [3.05, 3.63) is 35.9 Å². The lowest BCUT2D eigenvalue weighted by atomic mass is 10.0. The molecule has 0 radical (unpaired) electrons. The van der Waals surface area contributed by atoms with E-state index in [4.69, 9.17) is 10.8 Å². The van der Waals surface area contributed by atoms with Crippen LogP contribution in [0.15, 0.2) is 30.3 Å². The predicted octanol–water partition coefficient (Wildman–Crippen LogP) is 1.43. The van der Waals surface area contributed by atoms with Gasteiger partial charge in [0, 0.05) is 12.6 Å². The van der Waals surface area contributed by atoms with Crippen molar-refractivity contribution in [1.82, 2.24) is 5.32 Å². The Bertz CT molecular complexity index is 429. The minimum atomic E-state index is -0.896. The average molecular weight is 331 g/mol. The van der Waals surface area contributed by atoms with Crippen LogP contribution in [0.1, 0.15) is 25.8 Å². The van der Waals surface area contributed by atoms with E-state index in [9.17, 15) is 9.90 Å². The molecule has 0 fully saturated rings. The highest BCUT2D eigenvalue weighted by Crippen LogP contribution is 2.07. The van der Waals surface area contributed by atoms with Crippen LogP contribution in [-0.2, 0) is 11.2 Å². The lowest BCUT2D eigenvalue weighted by Crippen LogP contribution is -2.48. The lowest BCUT2D eigenvalue weighted by molar-refractivity contribution is -0.140. The van der Waals surface area contributed by atoms with Crippen molar-refractivity contribution in [3.8, 4) is 0 Å². The topological polar surface area (TPSA) is 95.6 Å². The summed E-state index contributed by atoms with van der Waals surface area (Å²) in [5.41, 5.74) is 7.03. The third kappa shape index (κ3) is 7.75.